The van der Waals surface area contributed by atoms with Crippen LogP contribution in [0, 0.1) is 0 Å². The predicted molar refractivity (Wildman–Crippen MR) is 80.1 cm³/mol. The molecule has 5 nitrogen and oxygen atoms in total. The van der Waals surface area contributed by atoms with E-state index < -0.39 is 19.7 Å². The zero-order valence-electron chi connectivity index (χ0n) is 12.6. The summed E-state index contributed by atoms with van der Waals surface area (Å²) in [6.45, 7) is 2.38. The fourth-order valence-corrected chi connectivity index (χ4v) is 2.86. The van der Waals surface area contributed by atoms with E-state index in [4.69, 9.17) is 9.63 Å². The summed E-state index contributed by atoms with van der Waals surface area (Å²) in [6.07, 6.45) is 10.9. The highest BCUT2D eigenvalue weighted by molar-refractivity contribution is 7.53. The van der Waals surface area contributed by atoms with Gasteiger partial charge in [-0.25, -0.2) is 0 Å². The Bertz CT molecular complexity index is 293. The van der Waals surface area contributed by atoms with E-state index in [0.717, 1.165) is 12.8 Å². The number of carbonyl (C=O) groups is 1. The minimum atomic E-state index is -3.93. The number of hydrogen-bond acceptors (Lipinski definition) is 3. The Morgan fingerprint density at radius 3 is 1.85 bits per heavy atom. The molecule has 0 radical (unpaired) electrons. The van der Waals surface area contributed by atoms with Crippen molar-refractivity contribution in [2.45, 2.75) is 71.1 Å². The van der Waals surface area contributed by atoms with Gasteiger partial charge in [-0.3, -0.25) is 9.36 Å². The van der Waals surface area contributed by atoms with Gasteiger partial charge in [0, 0.05) is 0 Å². The summed E-state index contributed by atoms with van der Waals surface area (Å²) < 4.78 is 16.0. The molecule has 0 aliphatic heterocycles. The van der Waals surface area contributed by atoms with Crippen LogP contribution < -0.4 is 0 Å². The lowest BCUT2D eigenvalue weighted by molar-refractivity contribution is -0.134. The molecule has 0 amide bonds. The van der Waals surface area contributed by atoms with Crippen LogP contribution in [0.3, 0.4) is 0 Å². The largest absolute Gasteiger partial charge is 0.481 e. The fourth-order valence-electron chi connectivity index (χ4n) is 2.01. The first kappa shape index (κ1) is 19.6. The third-order valence-corrected chi connectivity index (χ3v) is 4.38. The number of carboxylic acids is 1. The fraction of sp³-hybridized carbons (Fsp3) is 0.929. The van der Waals surface area contributed by atoms with Gasteiger partial charge in [-0.2, -0.15) is 0 Å². The first-order valence-corrected chi connectivity index (χ1v) is 9.42. The number of unbranched alkanes of at least 4 members (excludes halogenated alkanes) is 9. The second kappa shape index (κ2) is 12.4. The molecule has 1 atom stereocenters. The lowest BCUT2D eigenvalue weighted by Crippen LogP contribution is -2.06. The van der Waals surface area contributed by atoms with Crippen LogP contribution in [0.25, 0.3) is 0 Å². The Balaban J connectivity index is 3.28. The second-order valence-electron chi connectivity index (χ2n) is 5.20. The molecule has 120 valence electrons. The standard InChI is InChI=1S/C14H29O5P/c1-2-3-4-5-6-7-8-9-10-11-12-19-20(17,18)13-14(15)16/h2-13H2,1H3,(H,15,16)(H,17,18). The first-order chi connectivity index (χ1) is 9.48. The topological polar surface area (TPSA) is 83.8 Å². The molecule has 0 heterocycles. The number of rotatable bonds is 14. The zero-order valence-corrected chi connectivity index (χ0v) is 13.4. The summed E-state index contributed by atoms with van der Waals surface area (Å²) in [5.74, 6) is -1.31. The van der Waals surface area contributed by atoms with Crippen molar-refractivity contribution < 1.29 is 23.9 Å². The van der Waals surface area contributed by atoms with Crippen LogP contribution in [-0.2, 0) is 13.9 Å². The molecule has 0 fully saturated rings. The molecule has 0 aromatic carbocycles. The van der Waals surface area contributed by atoms with Gasteiger partial charge in [0.1, 0.15) is 6.16 Å². The highest BCUT2D eigenvalue weighted by Crippen LogP contribution is 2.41. The molecule has 0 saturated carbocycles. The van der Waals surface area contributed by atoms with E-state index in [1.165, 1.54) is 44.9 Å². The van der Waals surface area contributed by atoms with Crippen molar-refractivity contribution in [3.8, 4) is 0 Å². The maximum Gasteiger partial charge on any atom is 0.339 e. The van der Waals surface area contributed by atoms with Gasteiger partial charge in [0.15, 0.2) is 0 Å². The van der Waals surface area contributed by atoms with Gasteiger partial charge in [0.05, 0.1) is 6.61 Å². The smallest absolute Gasteiger partial charge is 0.339 e. The molecule has 20 heavy (non-hydrogen) atoms. The Morgan fingerprint density at radius 1 is 0.950 bits per heavy atom. The first-order valence-electron chi connectivity index (χ1n) is 7.66. The quantitative estimate of drug-likeness (QED) is 0.371. The van der Waals surface area contributed by atoms with E-state index in [1.54, 1.807) is 0 Å². The average molecular weight is 308 g/mol. The van der Waals surface area contributed by atoms with Crippen LogP contribution in [0.1, 0.15) is 71.1 Å². The van der Waals surface area contributed by atoms with Gasteiger partial charge in [0.25, 0.3) is 0 Å². The highest BCUT2D eigenvalue weighted by Gasteiger charge is 2.23. The van der Waals surface area contributed by atoms with E-state index in [-0.39, 0.29) is 6.61 Å². The highest BCUT2D eigenvalue weighted by atomic mass is 31.2. The molecule has 0 spiro atoms. The Morgan fingerprint density at radius 2 is 1.40 bits per heavy atom. The SMILES string of the molecule is CCCCCCCCCCCCOP(=O)(O)CC(=O)O. The van der Waals surface area contributed by atoms with Crippen molar-refractivity contribution in [1.29, 1.82) is 0 Å². The van der Waals surface area contributed by atoms with Gasteiger partial charge in [-0.1, -0.05) is 64.7 Å². The molecular formula is C14H29O5P. The van der Waals surface area contributed by atoms with Crippen LogP contribution in [0.15, 0.2) is 0 Å². The van der Waals surface area contributed by atoms with Crippen LogP contribution >= 0.6 is 7.60 Å². The van der Waals surface area contributed by atoms with Crippen molar-refractivity contribution in [3.63, 3.8) is 0 Å². The van der Waals surface area contributed by atoms with E-state index in [1.807, 2.05) is 0 Å². The Hall–Kier alpha value is -0.380. The molecule has 0 aromatic heterocycles. The minimum absolute atomic E-state index is 0.164. The third kappa shape index (κ3) is 14.0. The number of carboxylic acid groups (broad SMARTS) is 1. The summed E-state index contributed by atoms with van der Waals surface area (Å²) >= 11 is 0. The van der Waals surface area contributed by atoms with Crippen LogP contribution in [0.5, 0.6) is 0 Å². The Labute approximate surface area is 122 Å². The second-order valence-corrected chi connectivity index (χ2v) is 7.05. The van der Waals surface area contributed by atoms with Crippen molar-refractivity contribution in [1.82, 2.24) is 0 Å². The predicted octanol–water partition coefficient (Wildman–Crippen LogP) is 4.19. The summed E-state index contributed by atoms with van der Waals surface area (Å²) in [6, 6.07) is 0. The molecule has 0 aliphatic carbocycles. The minimum Gasteiger partial charge on any atom is -0.481 e. The molecule has 2 N–H and O–H groups in total. The maximum absolute atomic E-state index is 11.2. The van der Waals surface area contributed by atoms with E-state index in [0.29, 0.717) is 6.42 Å². The summed E-state index contributed by atoms with van der Waals surface area (Å²) in [7, 11) is -3.93. The Kier molecular flexibility index (Phi) is 12.1. The lowest BCUT2D eigenvalue weighted by Gasteiger charge is -2.09. The molecule has 0 bridgehead atoms. The van der Waals surface area contributed by atoms with E-state index in [2.05, 4.69) is 6.92 Å². The summed E-state index contributed by atoms with van der Waals surface area (Å²) in [4.78, 5) is 19.5. The number of aliphatic carboxylic acids is 1. The molecule has 0 aliphatic rings. The van der Waals surface area contributed by atoms with Crippen LogP contribution in [-0.4, -0.2) is 28.7 Å². The van der Waals surface area contributed by atoms with Gasteiger partial charge in [0.2, 0.25) is 0 Å². The van der Waals surface area contributed by atoms with Crippen LogP contribution in [0.2, 0.25) is 0 Å². The summed E-state index contributed by atoms with van der Waals surface area (Å²) in [5, 5.41) is 8.41. The van der Waals surface area contributed by atoms with Crippen molar-refractivity contribution >= 4 is 13.6 Å². The number of hydrogen-bond donors (Lipinski definition) is 2. The van der Waals surface area contributed by atoms with Gasteiger partial charge in [-0.05, 0) is 6.42 Å². The third-order valence-electron chi connectivity index (χ3n) is 3.13. The lowest BCUT2D eigenvalue weighted by atomic mass is 10.1. The molecular weight excluding hydrogens is 279 g/mol. The van der Waals surface area contributed by atoms with Crippen molar-refractivity contribution in [2.75, 3.05) is 12.8 Å². The normalized spacial score (nSPS) is 14.1. The summed E-state index contributed by atoms with van der Waals surface area (Å²) in [5.41, 5.74) is 0. The van der Waals surface area contributed by atoms with E-state index >= 15 is 0 Å². The van der Waals surface area contributed by atoms with E-state index in [9.17, 15) is 14.3 Å². The molecule has 6 heteroatoms. The molecule has 0 saturated heterocycles. The van der Waals surface area contributed by atoms with Gasteiger partial charge >= 0.3 is 13.6 Å². The van der Waals surface area contributed by atoms with Gasteiger partial charge < -0.3 is 14.5 Å². The molecule has 0 aromatic rings. The van der Waals surface area contributed by atoms with Crippen molar-refractivity contribution in [2.24, 2.45) is 0 Å². The molecule has 1 unspecified atom stereocenters. The molecule has 0 rings (SSSR count). The maximum atomic E-state index is 11.2. The monoisotopic (exact) mass is 308 g/mol. The van der Waals surface area contributed by atoms with Gasteiger partial charge in [-0.15, -0.1) is 0 Å². The average Bonchev–Trinajstić information content (AvgIpc) is 2.34. The van der Waals surface area contributed by atoms with Crippen molar-refractivity contribution in [3.05, 3.63) is 0 Å². The zero-order chi connectivity index (χ0) is 15.3. The van der Waals surface area contributed by atoms with Crippen LogP contribution in [0.4, 0.5) is 0 Å².